The summed E-state index contributed by atoms with van der Waals surface area (Å²) in [6.45, 7) is 1.71. The van der Waals surface area contributed by atoms with Crippen molar-refractivity contribution < 1.29 is 14.6 Å². The average Bonchev–Trinajstić information content (AvgIpc) is 2.53. The van der Waals surface area contributed by atoms with Crippen LogP contribution in [0.25, 0.3) is 0 Å². The SMILES string of the molecule is O=C(O)N1CCC(OCCCCl)C1. The monoisotopic (exact) mass is 207 g/mol. The molecule has 1 fully saturated rings. The van der Waals surface area contributed by atoms with Crippen LogP contribution in [0.15, 0.2) is 0 Å². The summed E-state index contributed by atoms with van der Waals surface area (Å²) in [7, 11) is 0. The minimum Gasteiger partial charge on any atom is -0.465 e. The maximum atomic E-state index is 10.5. The summed E-state index contributed by atoms with van der Waals surface area (Å²) in [6.07, 6.45) is 0.836. The van der Waals surface area contributed by atoms with Crippen molar-refractivity contribution >= 4 is 17.7 Å². The number of alkyl halides is 1. The van der Waals surface area contributed by atoms with Gasteiger partial charge < -0.3 is 14.7 Å². The van der Waals surface area contributed by atoms with Crippen molar-refractivity contribution in [3.63, 3.8) is 0 Å². The Labute approximate surface area is 82.4 Å². The molecule has 0 aliphatic carbocycles. The fourth-order valence-corrected chi connectivity index (χ4v) is 1.45. The lowest BCUT2D eigenvalue weighted by Gasteiger charge is -2.12. The molecule has 0 bridgehead atoms. The lowest BCUT2D eigenvalue weighted by Crippen LogP contribution is -2.28. The second-order valence-electron chi connectivity index (χ2n) is 3.05. The van der Waals surface area contributed by atoms with Crippen molar-refractivity contribution in [1.29, 1.82) is 0 Å². The van der Waals surface area contributed by atoms with E-state index in [1.807, 2.05) is 0 Å². The average molecular weight is 208 g/mol. The second-order valence-corrected chi connectivity index (χ2v) is 3.43. The van der Waals surface area contributed by atoms with E-state index in [1.165, 1.54) is 4.90 Å². The molecule has 0 aromatic rings. The summed E-state index contributed by atoms with van der Waals surface area (Å²) in [5.41, 5.74) is 0. The molecule has 1 atom stereocenters. The van der Waals surface area contributed by atoms with E-state index in [4.69, 9.17) is 21.4 Å². The highest BCUT2D eigenvalue weighted by molar-refractivity contribution is 6.17. The van der Waals surface area contributed by atoms with E-state index in [0.717, 1.165) is 12.8 Å². The van der Waals surface area contributed by atoms with Gasteiger partial charge >= 0.3 is 6.09 Å². The summed E-state index contributed by atoms with van der Waals surface area (Å²) in [5.74, 6) is 0.593. The Bertz CT molecular complexity index is 177. The van der Waals surface area contributed by atoms with E-state index >= 15 is 0 Å². The van der Waals surface area contributed by atoms with Crippen molar-refractivity contribution in [2.24, 2.45) is 0 Å². The van der Waals surface area contributed by atoms with Crippen LogP contribution in [0.5, 0.6) is 0 Å². The molecule has 0 radical (unpaired) electrons. The lowest BCUT2D eigenvalue weighted by molar-refractivity contribution is 0.0594. The third-order valence-corrected chi connectivity index (χ3v) is 2.31. The molecule has 0 aromatic heterocycles. The van der Waals surface area contributed by atoms with Crippen LogP contribution in [0.1, 0.15) is 12.8 Å². The first-order chi connectivity index (χ1) is 6.24. The Morgan fingerprint density at radius 1 is 1.69 bits per heavy atom. The molecule has 1 aliphatic heterocycles. The van der Waals surface area contributed by atoms with E-state index in [9.17, 15) is 4.79 Å². The molecule has 13 heavy (non-hydrogen) atoms. The molecule has 0 saturated carbocycles. The third-order valence-electron chi connectivity index (χ3n) is 2.05. The van der Waals surface area contributed by atoms with Crippen LogP contribution in [0.4, 0.5) is 4.79 Å². The minimum absolute atomic E-state index is 0.0688. The molecule has 4 nitrogen and oxygen atoms in total. The minimum atomic E-state index is -0.858. The van der Waals surface area contributed by atoms with Gasteiger partial charge in [-0.3, -0.25) is 0 Å². The smallest absolute Gasteiger partial charge is 0.407 e. The Hall–Kier alpha value is -0.480. The quantitative estimate of drug-likeness (QED) is 0.560. The number of hydrogen-bond acceptors (Lipinski definition) is 2. The van der Waals surface area contributed by atoms with Gasteiger partial charge in [-0.1, -0.05) is 0 Å². The van der Waals surface area contributed by atoms with Crippen LogP contribution >= 0.6 is 11.6 Å². The Balaban J connectivity index is 2.14. The molecule has 1 aliphatic rings. The van der Waals surface area contributed by atoms with Gasteiger partial charge in [-0.15, -0.1) is 11.6 Å². The highest BCUT2D eigenvalue weighted by Gasteiger charge is 2.25. The van der Waals surface area contributed by atoms with Gasteiger partial charge in [-0.05, 0) is 12.8 Å². The molecule has 0 aromatic carbocycles. The summed E-state index contributed by atoms with van der Waals surface area (Å²) in [4.78, 5) is 11.9. The predicted molar refractivity (Wildman–Crippen MR) is 49.3 cm³/mol. The van der Waals surface area contributed by atoms with Crippen molar-refractivity contribution in [3.05, 3.63) is 0 Å². The molecular weight excluding hydrogens is 194 g/mol. The number of carboxylic acid groups (broad SMARTS) is 1. The molecule has 1 unspecified atom stereocenters. The van der Waals surface area contributed by atoms with E-state index in [2.05, 4.69) is 0 Å². The number of carbonyl (C=O) groups is 1. The topological polar surface area (TPSA) is 49.8 Å². The van der Waals surface area contributed by atoms with E-state index in [0.29, 0.717) is 25.6 Å². The molecule has 1 heterocycles. The maximum absolute atomic E-state index is 10.5. The zero-order chi connectivity index (χ0) is 9.68. The van der Waals surface area contributed by atoms with Gasteiger partial charge in [0.1, 0.15) is 0 Å². The van der Waals surface area contributed by atoms with Crippen LogP contribution in [0.3, 0.4) is 0 Å². The Morgan fingerprint density at radius 3 is 3.00 bits per heavy atom. The zero-order valence-corrected chi connectivity index (χ0v) is 8.16. The fourth-order valence-electron chi connectivity index (χ4n) is 1.34. The second kappa shape index (κ2) is 5.29. The number of hydrogen-bond donors (Lipinski definition) is 1. The number of rotatable bonds is 4. The molecule has 1 N–H and O–H groups in total. The van der Waals surface area contributed by atoms with Crippen molar-refractivity contribution in [3.8, 4) is 0 Å². The van der Waals surface area contributed by atoms with Gasteiger partial charge in [0, 0.05) is 19.0 Å². The van der Waals surface area contributed by atoms with Crippen LogP contribution in [0.2, 0.25) is 0 Å². The van der Waals surface area contributed by atoms with Crippen LogP contribution < -0.4 is 0 Å². The number of halogens is 1. The first-order valence-corrected chi connectivity index (χ1v) is 4.93. The number of nitrogens with zero attached hydrogens (tertiary/aromatic N) is 1. The first-order valence-electron chi connectivity index (χ1n) is 4.39. The van der Waals surface area contributed by atoms with Gasteiger partial charge in [0.15, 0.2) is 0 Å². The molecule has 1 amide bonds. The van der Waals surface area contributed by atoms with Crippen molar-refractivity contribution in [1.82, 2.24) is 4.90 Å². The maximum Gasteiger partial charge on any atom is 0.407 e. The van der Waals surface area contributed by atoms with Gasteiger partial charge in [0.05, 0.1) is 12.6 Å². The molecule has 5 heteroatoms. The van der Waals surface area contributed by atoms with Crippen LogP contribution in [-0.4, -0.2) is 47.8 Å². The third kappa shape index (κ3) is 3.40. The standard InChI is InChI=1S/C8H14ClNO3/c9-3-1-5-13-7-2-4-10(6-7)8(11)12/h7H,1-6H2,(H,11,12). The van der Waals surface area contributed by atoms with Gasteiger partial charge in [0.25, 0.3) is 0 Å². The Morgan fingerprint density at radius 2 is 2.46 bits per heavy atom. The highest BCUT2D eigenvalue weighted by atomic mass is 35.5. The summed E-state index contributed by atoms with van der Waals surface area (Å²) in [6, 6.07) is 0. The van der Waals surface area contributed by atoms with E-state index in [1.54, 1.807) is 0 Å². The molecule has 1 saturated heterocycles. The number of likely N-dealkylation sites (tertiary alicyclic amines) is 1. The Kier molecular flexibility index (Phi) is 4.32. The molecule has 0 spiro atoms. The zero-order valence-electron chi connectivity index (χ0n) is 7.41. The summed E-state index contributed by atoms with van der Waals surface area (Å²) in [5, 5.41) is 8.65. The van der Waals surface area contributed by atoms with Gasteiger partial charge in [-0.25, -0.2) is 4.79 Å². The molecule has 76 valence electrons. The van der Waals surface area contributed by atoms with E-state index < -0.39 is 6.09 Å². The molecule has 1 rings (SSSR count). The van der Waals surface area contributed by atoms with Crippen molar-refractivity contribution in [2.45, 2.75) is 18.9 Å². The van der Waals surface area contributed by atoms with Crippen LogP contribution in [0, 0.1) is 0 Å². The largest absolute Gasteiger partial charge is 0.465 e. The van der Waals surface area contributed by atoms with Crippen LogP contribution in [-0.2, 0) is 4.74 Å². The predicted octanol–water partition coefficient (Wildman–Crippen LogP) is 1.38. The number of ether oxygens (including phenoxy) is 1. The van der Waals surface area contributed by atoms with Crippen molar-refractivity contribution in [2.75, 3.05) is 25.6 Å². The first kappa shape index (κ1) is 10.6. The summed E-state index contributed by atoms with van der Waals surface area (Å²) < 4.78 is 5.43. The van der Waals surface area contributed by atoms with E-state index in [-0.39, 0.29) is 6.10 Å². The number of amides is 1. The molecular formula is C8H14ClNO3. The summed E-state index contributed by atoms with van der Waals surface area (Å²) >= 11 is 5.48. The highest BCUT2D eigenvalue weighted by Crippen LogP contribution is 2.12. The fraction of sp³-hybridized carbons (Fsp3) is 0.875. The van der Waals surface area contributed by atoms with Gasteiger partial charge in [0.2, 0.25) is 0 Å². The lowest BCUT2D eigenvalue weighted by atomic mass is 10.3. The normalized spacial score (nSPS) is 22.2. The van der Waals surface area contributed by atoms with Gasteiger partial charge in [-0.2, -0.15) is 0 Å².